The second-order valence-corrected chi connectivity index (χ2v) is 10.1. The highest BCUT2D eigenvalue weighted by Crippen LogP contribution is 2.33. The number of carbonyl (C=O) groups is 1. The van der Waals surface area contributed by atoms with Gasteiger partial charge in [0.1, 0.15) is 10.7 Å². The van der Waals surface area contributed by atoms with E-state index in [9.17, 15) is 17.6 Å². The Labute approximate surface area is 214 Å². The molecule has 0 aromatic heterocycles. The molecule has 3 aromatic carbocycles. The van der Waals surface area contributed by atoms with Gasteiger partial charge in [0.15, 0.2) is 11.5 Å². The number of methoxy groups -OCH3 is 1. The Balaban J connectivity index is 1.94. The van der Waals surface area contributed by atoms with E-state index in [1.165, 1.54) is 60.5 Å². The summed E-state index contributed by atoms with van der Waals surface area (Å²) < 4.78 is 50.7. The van der Waals surface area contributed by atoms with Gasteiger partial charge in [-0.1, -0.05) is 48.3 Å². The van der Waals surface area contributed by atoms with Crippen molar-refractivity contribution >= 4 is 39.2 Å². The molecule has 0 heterocycles. The zero-order valence-electron chi connectivity index (χ0n) is 19.3. The molecule has 0 aliphatic carbocycles. The molecule has 1 atom stereocenters. The van der Waals surface area contributed by atoms with Crippen molar-refractivity contribution in [2.24, 2.45) is 0 Å². The molecule has 0 saturated heterocycles. The van der Waals surface area contributed by atoms with Gasteiger partial charge in [-0.05, 0) is 61.4 Å². The molecule has 0 spiro atoms. The lowest BCUT2D eigenvalue weighted by Gasteiger charge is -2.29. The number of hydrogen-bond acceptors (Lipinski definition) is 5. The third kappa shape index (κ3) is 6.25. The van der Waals surface area contributed by atoms with Gasteiger partial charge in [0.05, 0.1) is 22.7 Å². The maximum absolute atomic E-state index is 14.3. The average molecular weight is 540 g/mol. The van der Waals surface area contributed by atoms with Crippen LogP contribution in [0, 0.1) is 5.82 Å². The first-order valence-corrected chi connectivity index (χ1v) is 12.9. The number of benzene rings is 3. The topological polar surface area (TPSA) is 72.9 Å². The Kier molecular flexibility index (Phi) is 8.64. The van der Waals surface area contributed by atoms with Crippen LogP contribution < -0.4 is 8.92 Å². The third-order valence-corrected chi connectivity index (χ3v) is 7.42. The number of amides is 1. The molecular formula is C25H24Cl2FNO5S. The number of hydrogen-bond donors (Lipinski definition) is 0. The highest BCUT2D eigenvalue weighted by molar-refractivity contribution is 7.87. The van der Waals surface area contributed by atoms with E-state index in [-0.39, 0.29) is 44.6 Å². The summed E-state index contributed by atoms with van der Waals surface area (Å²) in [5, 5.41) is 0.266. The van der Waals surface area contributed by atoms with Crippen LogP contribution in [-0.2, 0) is 16.7 Å². The fourth-order valence-corrected chi connectivity index (χ4v) is 4.64. The van der Waals surface area contributed by atoms with Gasteiger partial charge in [-0.2, -0.15) is 8.42 Å². The van der Waals surface area contributed by atoms with Gasteiger partial charge in [0.25, 0.3) is 5.91 Å². The number of nitrogens with zero attached hydrogens (tertiary/aromatic N) is 1. The largest absolute Gasteiger partial charge is 0.493 e. The molecule has 1 unspecified atom stereocenters. The number of rotatable bonds is 9. The Bertz CT molecular complexity index is 1330. The zero-order chi connectivity index (χ0) is 25.8. The molecule has 1 amide bonds. The fourth-order valence-electron chi connectivity index (χ4n) is 3.32. The van der Waals surface area contributed by atoms with Crippen molar-refractivity contribution in [1.82, 2.24) is 4.90 Å². The van der Waals surface area contributed by atoms with Gasteiger partial charge >= 0.3 is 10.1 Å². The Morgan fingerprint density at radius 1 is 1.03 bits per heavy atom. The van der Waals surface area contributed by atoms with Gasteiger partial charge in [-0.3, -0.25) is 4.79 Å². The van der Waals surface area contributed by atoms with Gasteiger partial charge in [-0.15, -0.1) is 0 Å². The van der Waals surface area contributed by atoms with Crippen molar-refractivity contribution in [3.63, 3.8) is 0 Å². The van der Waals surface area contributed by atoms with Gasteiger partial charge in [0, 0.05) is 12.6 Å². The molecular weight excluding hydrogens is 516 g/mol. The standard InChI is InChI=1S/C25H24Cl2FNO5S/c1-4-16(2)29(25(30)19-7-5-6-8-22(19)28)15-17-9-12-23(33-3)24(13-17)34-35(31,32)18-10-11-20(26)21(27)14-18/h5-14,16H,4,15H2,1-3H3. The molecule has 0 bridgehead atoms. The van der Waals surface area contributed by atoms with Gasteiger partial charge in [-0.25, -0.2) is 4.39 Å². The number of carbonyl (C=O) groups excluding carboxylic acids is 1. The molecule has 10 heteroatoms. The smallest absolute Gasteiger partial charge is 0.339 e. The maximum atomic E-state index is 14.3. The Morgan fingerprint density at radius 3 is 2.37 bits per heavy atom. The van der Waals surface area contributed by atoms with Crippen molar-refractivity contribution in [2.75, 3.05) is 7.11 Å². The molecule has 186 valence electrons. The third-order valence-electron chi connectivity index (χ3n) is 5.45. The summed E-state index contributed by atoms with van der Waals surface area (Å²) in [7, 11) is -2.89. The van der Waals surface area contributed by atoms with Crippen molar-refractivity contribution in [2.45, 2.75) is 37.8 Å². The van der Waals surface area contributed by atoms with Crippen LogP contribution in [0.1, 0.15) is 36.2 Å². The van der Waals surface area contributed by atoms with E-state index in [4.69, 9.17) is 32.1 Å². The van der Waals surface area contributed by atoms with Crippen LogP contribution >= 0.6 is 23.2 Å². The molecule has 6 nitrogen and oxygen atoms in total. The molecule has 0 aliphatic heterocycles. The predicted octanol–water partition coefficient (Wildman–Crippen LogP) is 6.35. The molecule has 0 radical (unpaired) electrons. The van der Waals surface area contributed by atoms with E-state index in [1.54, 1.807) is 12.1 Å². The highest BCUT2D eigenvalue weighted by Gasteiger charge is 2.25. The molecule has 3 rings (SSSR count). The monoisotopic (exact) mass is 539 g/mol. The first-order valence-electron chi connectivity index (χ1n) is 10.7. The van der Waals surface area contributed by atoms with Crippen LogP contribution in [0.25, 0.3) is 0 Å². The normalized spacial score (nSPS) is 12.2. The van der Waals surface area contributed by atoms with Crippen LogP contribution in [0.15, 0.2) is 65.6 Å². The van der Waals surface area contributed by atoms with Crippen molar-refractivity contribution in [1.29, 1.82) is 0 Å². The average Bonchev–Trinajstić information content (AvgIpc) is 2.83. The number of halogens is 3. The van der Waals surface area contributed by atoms with Gasteiger partial charge < -0.3 is 13.8 Å². The summed E-state index contributed by atoms with van der Waals surface area (Å²) in [4.78, 5) is 14.5. The summed E-state index contributed by atoms with van der Waals surface area (Å²) >= 11 is 11.8. The van der Waals surface area contributed by atoms with Gasteiger partial charge in [0.2, 0.25) is 0 Å². The van der Waals surface area contributed by atoms with E-state index in [0.29, 0.717) is 12.0 Å². The van der Waals surface area contributed by atoms with E-state index >= 15 is 0 Å². The molecule has 0 N–H and O–H groups in total. The maximum Gasteiger partial charge on any atom is 0.339 e. The Morgan fingerprint density at radius 2 is 1.74 bits per heavy atom. The van der Waals surface area contributed by atoms with Crippen LogP contribution in [-0.4, -0.2) is 32.4 Å². The summed E-state index contributed by atoms with van der Waals surface area (Å²) in [6.45, 7) is 3.86. The second kappa shape index (κ2) is 11.3. The fraction of sp³-hybridized carbons (Fsp3) is 0.240. The zero-order valence-corrected chi connectivity index (χ0v) is 21.6. The van der Waals surface area contributed by atoms with Crippen LogP contribution in [0.3, 0.4) is 0 Å². The minimum Gasteiger partial charge on any atom is -0.493 e. The van der Waals surface area contributed by atoms with E-state index < -0.39 is 21.8 Å². The van der Waals surface area contributed by atoms with Crippen LogP contribution in [0.4, 0.5) is 4.39 Å². The molecule has 0 aliphatic rings. The summed E-state index contributed by atoms with van der Waals surface area (Å²) in [5.74, 6) is -0.983. The lowest BCUT2D eigenvalue weighted by molar-refractivity contribution is 0.0666. The van der Waals surface area contributed by atoms with Crippen molar-refractivity contribution in [3.05, 3.63) is 87.7 Å². The van der Waals surface area contributed by atoms with Crippen LogP contribution in [0.2, 0.25) is 10.0 Å². The SMILES string of the molecule is CCC(C)N(Cc1ccc(OC)c(OS(=O)(=O)c2ccc(Cl)c(Cl)c2)c1)C(=O)c1ccccc1F. The summed E-state index contributed by atoms with van der Waals surface area (Å²) in [5.41, 5.74) is 0.523. The minimum absolute atomic E-state index is 0.0417. The highest BCUT2D eigenvalue weighted by atomic mass is 35.5. The van der Waals surface area contributed by atoms with Crippen molar-refractivity contribution in [3.8, 4) is 11.5 Å². The van der Waals surface area contributed by atoms with Crippen molar-refractivity contribution < 1.29 is 26.5 Å². The van der Waals surface area contributed by atoms with E-state index in [1.807, 2.05) is 13.8 Å². The second-order valence-electron chi connectivity index (χ2n) is 7.77. The van der Waals surface area contributed by atoms with E-state index in [2.05, 4.69) is 0 Å². The number of ether oxygens (including phenoxy) is 1. The van der Waals surface area contributed by atoms with E-state index in [0.717, 1.165) is 0 Å². The molecule has 3 aromatic rings. The first-order chi connectivity index (χ1) is 16.6. The summed E-state index contributed by atoms with van der Waals surface area (Å²) in [6.07, 6.45) is 0.630. The summed E-state index contributed by atoms with van der Waals surface area (Å²) in [6, 6.07) is 14.1. The lowest BCUT2D eigenvalue weighted by Crippen LogP contribution is -2.38. The lowest BCUT2D eigenvalue weighted by atomic mass is 10.1. The first kappa shape index (κ1) is 26.8. The quantitative estimate of drug-likeness (QED) is 0.296. The molecule has 0 fully saturated rings. The molecule has 35 heavy (non-hydrogen) atoms. The predicted molar refractivity (Wildman–Crippen MR) is 133 cm³/mol. The minimum atomic E-state index is -4.27. The Hall–Kier alpha value is -2.81. The molecule has 0 saturated carbocycles. The van der Waals surface area contributed by atoms with Crippen LogP contribution in [0.5, 0.6) is 11.5 Å².